The topological polar surface area (TPSA) is 112 Å². The Kier molecular flexibility index (Phi) is 14.5. The molecule has 0 radical (unpaired) electrons. The summed E-state index contributed by atoms with van der Waals surface area (Å²) in [6.07, 6.45) is 0. The molecule has 0 saturated heterocycles. The molecule has 6 aromatic rings. The van der Waals surface area contributed by atoms with Crippen molar-refractivity contribution in [1.29, 1.82) is 0 Å². The van der Waals surface area contributed by atoms with Gasteiger partial charge < -0.3 is 18.1 Å². The molecule has 54 heavy (non-hydrogen) atoms. The highest BCUT2D eigenvalue weighted by Gasteiger charge is 2.29. The van der Waals surface area contributed by atoms with Crippen LogP contribution in [0.15, 0.2) is 133 Å². The van der Waals surface area contributed by atoms with Crippen molar-refractivity contribution < 1.29 is 37.0 Å². The first-order valence-corrected chi connectivity index (χ1v) is 20.4. The van der Waals surface area contributed by atoms with E-state index in [1.54, 1.807) is 0 Å². The average molecular weight is 767 g/mol. The van der Waals surface area contributed by atoms with Gasteiger partial charge in [0.2, 0.25) is 0 Å². The minimum absolute atomic E-state index is 0.384. The number of hydrogen-bond donors (Lipinski definition) is 2. The number of para-hydroxylation sites is 4. The Hall–Kier alpha value is -5.10. The van der Waals surface area contributed by atoms with Crippen molar-refractivity contribution in [2.24, 2.45) is 0 Å². The molecule has 0 amide bonds. The quantitative estimate of drug-likeness (QED) is 0.140. The molecule has 0 fully saturated rings. The maximum absolute atomic E-state index is 12.3. The van der Waals surface area contributed by atoms with E-state index in [1.165, 1.54) is 11.1 Å². The van der Waals surface area contributed by atoms with Crippen molar-refractivity contribution in [1.82, 2.24) is 0 Å². The maximum atomic E-state index is 12.3. The lowest BCUT2D eigenvalue weighted by Gasteiger charge is -2.18. The van der Waals surface area contributed by atoms with Crippen LogP contribution in [-0.4, -0.2) is 9.79 Å². The highest BCUT2D eigenvalue weighted by Crippen LogP contribution is 2.49. The van der Waals surface area contributed by atoms with E-state index < -0.39 is 15.6 Å². The highest BCUT2D eigenvalue weighted by molar-refractivity contribution is 7.48. The zero-order chi connectivity index (χ0) is 39.5. The number of phosphoric acid groups is 2. The Bertz CT molecular complexity index is 1900. The summed E-state index contributed by atoms with van der Waals surface area (Å²) in [5.74, 6) is 1.54. The van der Waals surface area contributed by atoms with Crippen LogP contribution >= 0.6 is 15.6 Å². The van der Waals surface area contributed by atoms with Crippen LogP contribution in [0.25, 0.3) is 11.1 Å². The zero-order valence-corrected chi connectivity index (χ0v) is 33.7. The van der Waals surface area contributed by atoms with Gasteiger partial charge in [-0.1, -0.05) is 133 Å². The van der Waals surface area contributed by atoms with Gasteiger partial charge in [0, 0.05) is 0 Å². The van der Waals surface area contributed by atoms with E-state index in [0.717, 1.165) is 44.5 Å². The molecule has 0 unspecified atom stereocenters. The molecule has 0 atom stereocenters. The number of phosphoric ester groups is 2. The van der Waals surface area contributed by atoms with Gasteiger partial charge >= 0.3 is 15.6 Å². The van der Waals surface area contributed by atoms with Gasteiger partial charge in [-0.25, -0.2) is 9.13 Å². The molecule has 0 aliphatic carbocycles. The summed E-state index contributed by atoms with van der Waals surface area (Å²) < 4.78 is 45.6. The molecular weight excluding hydrogens is 718 g/mol. The molecule has 2 N–H and O–H groups in total. The van der Waals surface area contributed by atoms with E-state index in [0.29, 0.717) is 23.0 Å². The Morgan fingerprint density at radius 3 is 0.685 bits per heavy atom. The Morgan fingerprint density at radius 2 is 0.500 bits per heavy atom. The molecule has 0 bridgehead atoms. The molecule has 0 aromatic heterocycles. The van der Waals surface area contributed by atoms with Crippen LogP contribution in [0.1, 0.15) is 44.5 Å². The minimum Gasteiger partial charge on any atom is -0.395 e. The van der Waals surface area contributed by atoms with Gasteiger partial charge in [-0.05, 0) is 111 Å². The molecule has 0 spiro atoms. The molecule has 10 heteroatoms. The third kappa shape index (κ3) is 12.0. The molecule has 6 aromatic carbocycles. The third-order valence-electron chi connectivity index (χ3n) is 8.34. The smallest absolute Gasteiger partial charge is 0.395 e. The first-order valence-electron chi connectivity index (χ1n) is 17.4. The van der Waals surface area contributed by atoms with Gasteiger partial charge in [0.15, 0.2) is 0 Å². The van der Waals surface area contributed by atoms with Crippen molar-refractivity contribution >= 4 is 15.6 Å². The number of aryl methyl sites for hydroxylation is 8. The van der Waals surface area contributed by atoms with Gasteiger partial charge in [-0.15, -0.1) is 0 Å². The largest absolute Gasteiger partial charge is 0.584 e. The zero-order valence-electron chi connectivity index (χ0n) is 31.9. The van der Waals surface area contributed by atoms with Crippen LogP contribution in [0.5, 0.6) is 23.0 Å². The standard InChI is InChI=1S/2C16H19O4P.C12H10/c2*1-11-7-5-8-12(2)15(11)19-21(17,18)20-16-13(3)9-6-10-14(16)4;1-3-7-11(8-4-1)12-9-5-2-6-10-12/h2*5-10H,1-4H3,(H,17,18);1-10H. The van der Waals surface area contributed by atoms with Crippen molar-refractivity contribution in [2.45, 2.75) is 55.4 Å². The number of hydrogen-bond acceptors (Lipinski definition) is 6. The molecule has 0 aliphatic heterocycles. The first kappa shape index (κ1) is 41.7. The second-order valence-electron chi connectivity index (χ2n) is 12.9. The maximum Gasteiger partial charge on any atom is 0.584 e. The molecule has 0 saturated carbocycles. The van der Waals surface area contributed by atoms with Crippen molar-refractivity contribution in [3.05, 3.63) is 178 Å². The predicted octanol–water partition coefficient (Wildman–Crippen LogP) is 12.3. The van der Waals surface area contributed by atoms with E-state index in [2.05, 4.69) is 48.5 Å². The lowest BCUT2D eigenvalue weighted by Crippen LogP contribution is -2.04. The Morgan fingerprint density at radius 1 is 0.315 bits per heavy atom. The van der Waals surface area contributed by atoms with E-state index in [9.17, 15) is 18.9 Å². The van der Waals surface area contributed by atoms with E-state index in [-0.39, 0.29) is 0 Å². The van der Waals surface area contributed by atoms with Crippen LogP contribution in [0.2, 0.25) is 0 Å². The van der Waals surface area contributed by atoms with Crippen LogP contribution in [0, 0.1) is 55.4 Å². The Balaban J connectivity index is 0.000000187. The fourth-order valence-electron chi connectivity index (χ4n) is 5.53. The summed E-state index contributed by atoms with van der Waals surface area (Å²) in [5.41, 5.74) is 8.84. The fraction of sp³-hybridized carbons (Fsp3) is 0.182. The summed E-state index contributed by atoms with van der Waals surface area (Å²) >= 11 is 0. The van der Waals surface area contributed by atoms with Gasteiger partial charge in [-0.3, -0.25) is 9.79 Å². The second-order valence-corrected chi connectivity index (χ2v) is 15.5. The van der Waals surface area contributed by atoms with Crippen LogP contribution in [-0.2, 0) is 9.13 Å². The lowest BCUT2D eigenvalue weighted by atomic mass is 10.1. The summed E-state index contributed by atoms with van der Waals surface area (Å²) in [7, 11) is -8.49. The normalized spacial score (nSPS) is 10.9. The minimum atomic E-state index is -4.24. The monoisotopic (exact) mass is 766 g/mol. The van der Waals surface area contributed by atoms with Crippen molar-refractivity contribution in [2.75, 3.05) is 0 Å². The SMILES string of the molecule is Cc1cccc(C)c1OP(=O)(O)Oc1c(C)cccc1C.Cc1cccc(C)c1OP(=O)(O)Oc1c(C)cccc1C.c1ccc(-c2ccccc2)cc1. The molecule has 282 valence electrons. The molecule has 8 nitrogen and oxygen atoms in total. The lowest BCUT2D eigenvalue weighted by molar-refractivity contribution is 0.286. The highest BCUT2D eigenvalue weighted by atomic mass is 31.2. The molecule has 0 heterocycles. The summed E-state index contributed by atoms with van der Waals surface area (Å²) in [6.45, 7) is 14.6. The van der Waals surface area contributed by atoms with Crippen LogP contribution in [0.3, 0.4) is 0 Å². The van der Waals surface area contributed by atoms with Gasteiger partial charge in [-0.2, -0.15) is 0 Å². The summed E-state index contributed by atoms with van der Waals surface area (Å²) in [4.78, 5) is 20.1. The Labute approximate surface area is 319 Å². The second kappa shape index (κ2) is 18.8. The summed E-state index contributed by atoms with van der Waals surface area (Å²) in [5, 5.41) is 0. The van der Waals surface area contributed by atoms with E-state index >= 15 is 0 Å². The molecular formula is C44H48O8P2. The number of rotatable bonds is 9. The van der Waals surface area contributed by atoms with Gasteiger partial charge in [0.05, 0.1) is 0 Å². The van der Waals surface area contributed by atoms with Crippen molar-refractivity contribution in [3.63, 3.8) is 0 Å². The average Bonchev–Trinajstić information content (AvgIpc) is 3.13. The third-order valence-corrected chi connectivity index (χ3v) is 10.00. The fourth-order valence-corrected chi connectivity index (χ4v) is 7.68. The van der Waals surface area contributed by atoms with Gasteiger partial charge in [0.1, 0.15) is 23.0 Å². The van der Waals surface area contributed by atoms with Gasteiger partial charge in [0.25, 0.3) is 0 Å². The molecule has 6 rings (SSSR count). The van der Waals surface area contributed by atoms with E-state index in [4.69, 9.17) is 18.1 Å². The molecule has 0 aliphatic rings. The number of benzene rings is 6. The van der Waals surface area contributed by atoms with Crippen LogP contribution in [0.4, 0.5) is 0 Å². The summed E-state index contributed by atoms with van der Waals surface area (Å²) in [6, 6.07) is 42.8. The predicted molar refractivity (Wildman–Crippen MR) is 218 cm³/mol. The van der Waals surface area contributed by atoms with Crippen LogP contribution < -0.4 is 18.1 Å². The van der Waals surface area contributed by atoms with Crippen molar-refractivity contribution in [3.8, 4) is 34.1 Å². The van der Waals surface area contributed by atoms with E-state index in [1.807, 2.05) is 140 Å². The first-order chi connectivity index (χ1) is 25.6.